The monoisotopic (exact) mass is 402 g/mol. The second-order valence-corrected chi connectivity index (χ2v) is 7.98. The number of anilines is 1. The average Bonchev–Trinajstić information content (AvgIpc) is 2.67. The van der Waals surface area contributed by atoms with Crippen molar-refractivity contribution in [1.29, 1.82) is 0 Å². The SMILES string of the molecule is CCNS(=O)(=O)c1ccc(CNc2ccnc(-c3cccc(Cl)c3)n2)cc1. The Hall–Kier alpha value is -2.48. The molecule has 6 nitrogen and oxygen atoms in total. The second-order valence-electron chi connectivity index (χ2n) is 5.77. The zero-order chi connectivity index (χ0) is 19.3. The Morgan fingerprint density at radius 2 is 1.85 bits per heavy atom. The zero-order valence-corrected chi connectivity index (χ0v) is 16.3. The minimum atomic E-state index is -3.44. The van der Waals surface area contributed by atoms with Crippen LogP contribution in [0, 0.1) is 0 Å². The summed E-state index contributed by atoms with van der Waals surface area (Å²) in [4.78, 5) is 9.02. The van der Waals surface area contributed by atoms with Gasteiger partial charge in [0.15, 0.2) is 5.82 Å². The highest BCUT2D eigenvalue weighted by atomic mass is 35.5. The summed E-state index contributed by atoms with van der Waals surface area (Å²) in [6.07, 6.45) is 1.68. The summed E-state index contributed by atoms with van der Waals surface area (Å²) < 4.78 is 26.4. The molecule has 1 heterocycles. The topological polar surface area (TPSA) is 84.0 Å². The fourth-order valence-electron chi connectivity index (χ4n) is 2.48. The van der Waals surface area contributed by atoms with Gasteiger partial charge in [-0.15, -0.1) is 0 Å². The highest BCUT2D eigenvalue weighted by Gasteiger charge is 2.11. The van der Waals surface area contributed by atoms with E-state index in [0.29, 0.717) is 29.8 Å². The van der Waals surface area contributed by atoms with Crippen LogP contribution < -0.4 is 10.0 Å². The summed E-state index contributed by atoms with van der Waals surface area (Å²) in [5, 5.41) is 3.85. The molecule has 0 spiro atoms. The van der Waals surface area contributed by atoms with Gasteiger partial charge in [-0.2, -0.15) is 0 Å². The number of hydrogen-bond donors (Lipinski definition) is 2. The molecule has 8 heteroatoms. The molecule has 0 aliphatic rings. The molecule has 3 rings (SSSR count). The van der Waals surface area contributed by atoms with Crippen LogP contribution in [0.25, 0.3) is 11.4 Å². The number of sulfonamides is 1. The van der Waals surface area contributed by atoms with Crippen LogP contribution in [0.2, 0.25) is 5.02 Å². The van der Waals surface area contributed by atoms with Gasteiger partial charge in [-0.25, -0.2) is 23.1 Å². The summed E-state index contributed by atoms with van der Waals surface area (Å²) in [5.41, 5.74) is 1.78. The number of aromatic nitrogens is 2. The van der Waals surface area contributed by atoms with Gasteiger partial charge in [-0.1, -0.05) is 42.8 Å². The van der Waals surface area contributed by atoms with Gasteiger partial charge in [0.05, 0.1) is 4.90 Å². The Labute approximate surface area is 163 Å². The van der Waals surface area contributed by atoms with Crippen LogP contribution in [0.5, 0.6) is 0 Å². The maximum atomic E-state index is 12.0. The molecule has 0 aliphatic carbocycles. The number of hydrogen-bond acceptors (Lipinski definition) is 5. The predicted molar refractivity (Wildman–Crippen MR) is 107 cm³/mol. The Morgan fingerprint density at radius 3 is 2.56 bits per heavy atom. The van der Waals surface area contributed by atoms with Crippen molar-refractivity contribution in [1.82, 2.24) is 14.7 Å². The van der Waals surface area contributed by atoms with Crippen molar-refractivity contribution in [3.05, 3.63) is 71.4 Å². The second kappa shape index (κ2) is 8.47. The van der Waals surface area contributed by atoms with Crippen molar-refractivity contribution >= 4 is 27.4 Å². The number of rotatable bonds is 7. The lowest BCUT2D eigenvalue weighted by atomic mass is 10.2. The molecule has 0 radical (unpaired) electrons. The highest BCUT2D eigenvalue weighted by Crippen LogP contribution is 2.20. The van der Waals surface area contributed by atoms with E-state index in [4.69, 9.17) is 11.6 Å². The molecule has 27 heavy (non-hydrogen) atoms. The van der Waals surface area contributed by atoms with Crippen LogP contribution in [0.3, 0.4) is 0 Å². The Balaban J connectivity index is 1.69. The van der Waals surface area contributed by atoms with E-state index in [1.165, 1.54) is 0 Å². The van der Waals surface area contributed by atoms with E-state index >= 15 is 0 Å². The summed E-state index contributed by atoms with van der Waals surface area (Å²) in [6, 6.07) is 15.9. The zero-order valence-electron chi connectivity index (χ0n) is 14.7. The maximum absolute atomic E-state index is 12.0. The van der Waals surface area contributed by atoms with E-state index < -0.39 is 10.0 Å². The third kappa shape index (κ3) is 5.03. The fourth-order valence-corrected chi connectivity index (χ4v) is 3.71. The molecule has 0 amide bonds. The molecule has 0 fully saturated rings. The van der Waals surface area contributed by atoms with Crippen LogP contribution >= 0.6 is 11.6 Å². The molecule has 2 N–H and O–H groups in total. The molecule has 0 atom stereocenters. The molecular formula is C19H19ClN4O2S. The smallest absolute Gasteiger partial charge is 0.240 e. The molecule has 1 aromatic heterocycles. The van der Waals surface area contributed by atoms with Crippen molar-refractivity contribution in [2.75, 3.05) is 11.9 Å². The van der Waals surface area contributed by atoms with Crippen LogP contribution in [0.15, 0.2) is 65.7 Å². The lowest BCUT2D eigenvalue weighted by molar-refractivity contribution is 0.584. The van der Waals surface area contributed by atoms with Gasteiger partial charge in [0.25, 0.3) is 0 Å². The number of benzene rings is 2. The average molecular weight is 403 g/mol. The standard InChI is InChI=1S/C19H19ClN4O2S/c1-2-23-27(25,26)17-8-6-14(7-9-17)13-22-18-10-11-21-19(24-18)15-4-3-5-16(20)12-15/h3-12,23H,2,13H2,1H3,(H,21,22,24). The normalized spacial score (nSPS) is 11.3. The van der Waals surface area contributed by atoms with E-state index in [1.54, 1.807) is 49.5 Å². The molecule has 2 aromatic carbocycles. The van der Waals surface area contributed by atoms with Crippen molar-refractivity contribution < 1.29 is 8.42 Å². The number of nitrogens with zero attached hydrogens (tertiary/aromatic N) is 2. The lowest BCUT2D eigenvalue weighted by Gasteiger charge is -2.09. The van der Waals surface area contributed by atoms with E-state index in [-0.39, 0.29) is 4.90 Å². The first-order valence-electron chi connectivity index (χ1n) is 8.39. The van der Waals surface area contributed by atoms with Gasteiger partial charge in [-0.3, -0.25) is 0 Å². The molecule has 3 aromatic rings. The highest BCUT2D eigenvalue weighted by molar-refractivity contribution is 7.89. The summed E-state index contributed by atoms with van der Waals surface area (Å²) in [7, 11) is -3.44. The first-order valence-corrected chi connectivity index (χ1v) is 10.3. The van der Waals surface area contributed by atoms with E-state index in [2.05, 4.69) is 20.0 Å². The van der Waals surface area contributed by atoms with Crippen LogP contribution in [0.1, 0.15) is 12.5 Å². The van der Waals surface area contributed by atoms with Crippen molar-refractivity contribution in [2.45, 2.75) is 18.4 Å². The number of nitrogens with one attached hydrogen (secondary N) is 2. The third-order valence-electron chi connectivity index (χ3n) is 3.78. The Bertz CT molecular complexity index is 1020. The quantitative estimate of drug-likeness (QED) is 0.629. The fraction of sp³-hybridized carbons (Fsp3) is 0.158. The van der Waals surface area contributed by atoms with E-state index in [9.17, 15) is 8.42 Å². The minimum absolute atomic E-state index is 0.248. The Morgan fingerprint density at radius 1 is 1.07 bits per heavy atom. The molecule has 0 saturated heterocycles. The van der Waals surface area contributed by atoms with Crippen molar-refractivity contribution in [3.8, 4) is 11.4 Å². The van der Waals surface area contributed by atoms with Crippen molar-refractivity contribution in [2.24, 2.45) is 0 Å². The van der Waals surface area contributed by atoms with E-state index in [0.717, 1.165) is 11.1 Å². The third-order valence-corrected chi connectivity index (χ3v) is 5.58. The van der Waals surface area contributed by atoms with Crippen molar-refractivity contribution in [3.63, 3.8) is 0 Å². The van der Waals surface area contributed by atoms with Crippen LogP contribution in [0.4, 0.5) is 5.82 Å². The number of halogens is 1. The van der Waals surface area contributed by atoms with Gasteiger partial charge in [0.1, 0.15) is 5.82 Å². The molecule has 140 valence electrons. The van der Waals surface area contributed by atoms with Gasteiger partial charge >= 0.3 is 0 Å². The summed E-state index contributed by atoms with van der Waals surface area (Å²) in [5.74, 6) is 1.25. The van der Waals surface area contributed by atoms with Gasteiger partial charge in [0, 0.05) is 29.9 Å². The first kappa shape index (κ1) is 19.3. The molecule has 0 bridgehead atoms. The first-order chi connectivity index (χ1) is 13.0. The van der Waals surface area contributed by atoms with Gasteiger partial charge in [-0.05, 0) is 35.9 Å². The van der Waals surface area contributed by atoms with Gasteiger partial charge < -0.3 is 5.32 Å². The molecule has 0 saturated carbocycles. The maximum Gasteiger partial charge on any atom is 0.240 e. The predicted octanol–water partition coefficient (Wildman–Crippen LogP) is 3.71. The van der Waals surface area contributed by atoms with Gasteiger partial charge in [0.2, 0.25) is 10.0 Å². The lowest BCUT2D eigenvalue weighted by Crippen LogP contribution is -2.23. The molecule has 0 unspecified atom stereocenters. The van der Waals surface area contributed by atoms with E-state index in [1.807, 2.05) is 18.2 Å². The van der Waals surface area contributed by atoms with Crippen LogP contribution in [-0.4, -0.2) is 24.9 Å². The largest absolute Gasteiger partial charge is 0.366 e. The molecular weight excluding hydrogens is 384 g/mol. The minimum Gasteiger partial charge on any atom is -0.366 e. The van der Waals surface area contributed by atoms with Crippen LogP contribution in [-0.2, 0) is 16.6 Å². The summed E-state index contributed by atoms with van der Waals surface area (Å²) in [6.45, 7) is 2.61. The Kier molecular flexibility index (Phi) is 6.05. The molecule has 0 aliphatic heterocycles. The summed E-state index contributed by atoms with van der Waals surface area (Å²) >= 11 is 6.02.